The molecule has 1 saturated carbocycles. The molecule has 0 saturated heterocycles. The third kappa shape index (κ3) is 3.18. The van der Waals surface area contributed by atoms with Gasteiger partial charge in [-0.15, -0.1) is 5.10 Å². The van der Waals surface area contributed by atoms with E-state index in [0.717, 1.165) is 17.3 Å². The Morgan fingerprint density at radius 3 is 2.67 bits per heavy atom. The molecule has 1 heterocycles. The summed E-state index contributed by atoms with van der Waals surface area (Å²) in [6, 6.07) is 11.0. The Labute approximate surface area is 130 Å². The molecular weight excluding hydrogens is 280 g/mol. The second-order valence-electron chi connectivity index (χ2n) is 5.83. The fraction of sp³-hybridized carbons (Fsp3) is 0.500. The predicted octanol–water partition coefficient (Wildman–Crippen LogP) is 4.08. The molecule has 0 radical (unpaired) electrons. The summed E-state index contributed by atoms with van der Waals surface area (Å²) in [4.78, 5) is 2.18. The molecule has 0 bridgehead atoms. The summed E-state index contributed by atoms with van der Waals surface area (Å²) in [5.41, 5.74) is 1.28. The first-order chi connectivity index (χ1) is 10.3. The topological polar surface area (TPSA) is 36.9 Å². The van der Waals surface area contributed by atoms with Crippen LogP contribution in [0.2, 0.25) is 0 Å². The summed E-state index contributed by atoms with van der Waals surface area (Å²) < 4.78 is 2.97. The average Bonchev–Trinajstić information content (AvgIpc) is 2.91. The zero-order valence-electron chi connectivity index (χ0n) is 12.5. The molecule has 1 N–H and O–H groups in total. The third-order valence-corrected chi connectivity index (χ3v) is 4.52. The minimum atomic E-state index is 0.498. The van der Waals surface area contributed by atoms with Crippen molar-refractivity contribution in [3.05, 3.63) is 40.7 Å². The molecular formula is C16H22N4S. The second-order valence-corrected chi connectivity index (χ2v) is 6.22. The van der Waals surface area contributed by atoms with E-state index in [4.69, 9.17) is 12.2 Å². The van der Waals surface area contributed by atoms with Crippen LogP contribution in [0.1, 0.15) is 43.7 Å². The van der Waals surface area contributed by atoms with Crippen molar-refractivity contribution < 1.29 is 0 Å². The molecule has 2 aromatic rings. The van der Waals surface area contributed by atoms with Crippen molar-refractivity contribution in [3.8, 4) is 0 Å². The van der Waals surface area contributed by atoms with E-state index in [-0.39, 0.29) is 0 Å². The number of rotatable bonds is 4. The molecule has 112 valence electrons. The standard InChI is InChI=1S/C16H22N4S/c1-19(12-13-8-4-2-5-9-13)15-17-18-16(21)20(15)14-10-6-3-7-11-14/h2,4-5,8-9,14H,3,6-7,10-12H2,1H3,(H,18,21). The van der Waals surface area contributed by atoms with E-state index in [0.29, 0.717) is 6.04 Å². The van der Waals surface area contributed by atoms with Crippen LogP contribution in [0.25, 0.3) is 0 Å². The molecule has 0 spiro atoms. The zero-order valence-corrected chi connectivity index (χ0v) is 13.3. The van der Waals surface area contributed by atoms with Gasteiger partial charge in [0.15, 0.2) is 4.77 Å². The number of benzene rings is 1. The Bertz CT molecular complexity index is 625. The molecule has 3 rings (SSSR count). The predicted molar refractivity (Wildman–Crippen MR) is 88.1 cm³/mol. The molecule has 1 aliphatic rings. The lowest BCUT2D eigenvalue weighted by atomic mass is 9.95. The minimum Gasteiger partial charge on any atom is -0.340 e. The molecule has 0 amide bonds. The van der Waals surface area contributed by atoms with Gasteiger partial charge in [-0.05, 0) is 30.6 Å². The highest BCUT2D eigenvalue weighted by molar-refractivity contribution is 7.71. The lowest BCUT2D eigenvalue weighted by molar-refractivity contribution is 0.350. The number of anilines is 1. The van der Waals surface area contributed by atoms with Gasteiger partial charge in [0.2, 0.25) is 5.95 Å². The maximum Gasteiger partial charge on any atom is 0.226 e. The van der Waals surface area contributed by atoms with Crippen molar-refractivity contribution in [2.75, 3.05) is 11.9 Å². The fourth-order valence-electron chi connectivity index (χ4n) is 3.16. The van der Waals surface area contributed by atoms with Crippen molar-refractivity contribution in [3.63, 3.8) is 0 Å². The molecule has 0 aliphatic heterocycles. The first-order valence-electron chi connectivity index (χ1n) is 7.67. The van der Waals surface area contributed by atoms with Gasteiger partial charge in [0.1, 0.15) is 0 Å². The lowest BCUT2D eigenvalue weighted by Crippen LogP contribution is -2.24. The van der Waals surface area contributed by atoms with Crippen LogP contribution in [0.4, 0.5) is 5.95 Å². The van der Waals surface area contributed by atoms with Gasteiger partial charge >= 0.3 is 0 Å². The van der Waals surface area contributed by atoms with Crippen LogP contribution < -0.4 is 4.90 Å². The van der Waals surface area contributed by atoms with Crippen molar-refractivity contribution in [1.29, 1.82) is 0 Å². The van der Waals surface area contributed by atoms with Crippen LogP contribution in [-0.4, -0.2) is 21.8 Å². The van der Waals surface area contributed by atoms with Gasteiger partial charge in [0.05, 0.1) is 0 Å². The normalized spacial score (nSPS) is 16.0. The van der Waals surface area contributed by atoms with E-state index >= 15 is 0 Å². The quantitative estimate of drug-likeness (QED) is 0.865. The molecule has 0 unspecified atom stereocenters. The van der Waals surface area contributed by atoms with E-state index in [1.165, 1.54) is 37.7 Å². The fourth-order valence-corrected chi connectivity index (χ4v) is 3.44. The van der Waals surface area contributed by atoms with Crippen LogP contribution >= 0.6 is 12.2 Å². The summed E-state index contributed by atoms with van der Waals surface area (Å²) in [5, 5.41) is 7.43. The van der Waals surface area contributed by atoms with Crippen LogP contribution in [0.3, 0.4) is 0 Å². The maximum atomic E-state index is 5.46. The van der Waals surface area contributed by atoms with Crippen LogP contribution in [0.5, 0.6) is 0 Å². The number of aromatic nitrogens is 3. The van der Waals surface area contributed by atoms with Crippen LogP contribution in [0, 0.1) is 4.77 Å². The second kappa shape index (κ2) is 6.43. The molecule has 1 aromatic heterocycles. The Kier molecular flexibility index (Phi) is 4.39. The van der Waals surface area contributed by atoms with E-state index in [1.807, 2.05) is 6.07 Å². The maximum absolute atomic E-state index is 5.46. The lowest BCUT2D eigenvalue weighted by Gasteiger charge is -2.27. The van der Waals surface area contributed by atoms with Crippen molar-refractivity contribution in [2.24, 2.45) is 0 Å². The third-order valence-electron chi connectivity index (χ3n) is 4.23. The highest BCUT2D eigenvalue weighted by Crippen LogP contribution is 2.31. The number of nitrogens with one attached hydrogen (secondary N) is 1. The minimum absolute atomic E-state index is 0.498. The number of hydrogen-bond acceptors (Lipinski definition) is 3. The molecule has 4 nitrogen and oxygen atoms in total. The summed E-state index contributed by atoms with van der Waals surface area (Å²) in [7, 11) is 2.08. The largest absolute Gasteiger partial charge is 0.340 e. The molecule has 0 atom stereocenters. The number of hydrogen-bond donors (Lipinski definition) is 1. The summed E-state index contributed by atoms with van der Waals surface area (Å²) in [5.74, 6) is 0.954. The van der Waals surface area contributed by atoms with Gasteiger partial charge in [0.25, 0.3) is 0 Å². The van der Waals surface area contributed by atoms with Gasteiger partial charge in [-0.3, -0.25) is 4.57 Å². The van der Waals surface area contributed by atoms with Crippen molar-refractivity contribution >= 4 is 18.2 Å². The van der Waals surface area contributed by atoms with Crippen LogP contribution in [-0.2, 0) is 6.54 Å². The Morgan fingerprint density at radius 2 is 1.95 bits per heavy atom. The Balaban J connectivity index is 1.83. The van der Waals surface area contributed by atoms with E-state index in [2.05, 4.69) is 51.0 Å². The average molecular weight is 302 g/mol. The summed E-state index contributed by atoms with van der Waals surface area (Å²) in [6.07, 6.45) is 6.34. The number of H-pyrrole nitrogens is 1. The Morgan fingerprint density at radius 1 is 1.24 bits per heavy atom. The molecule has 1 fully saturated rings. The van der Waals surface area contributed by atoms with E-state index < -0.39 is 0 Å². The molecule has 1 aromatic carbocycles. The Hall–Kier alpha value is -1.62. The van der Waals surface area contributed by atoms with Crippen molar-refractivity contribution in [2.45, 2.75) is 44.7 Å². The van der Waals surface area contributed by atoms with Crippen LogP contribution in [0.15, 0.2) is 30.3 Å². The number of nitrogens with zero attached hydrogens (tertiary/aromatic N) is 3. The summed E-state index contributed by atoms with van der Waals surface area (Å²) >= 11 is 5.46. The van der Waals surface area contributed by atoms with Crippen molar-refractivity contribution in [1.82, 2.24) is 14.8 Å². The van der Waals surface area contributed by atoms with E-state index in [1.54, 1.807) is 0 Å². The van der Waals surface area contributed by atoms with Gasteiger partial charge < -0.3 is 4.90 Å². The van der Waals surface area contributed by atoms with Gasteiger partial charge in [-0.2, -0.15) is 0 Å². The van der Waals surface area contributed by atoms with Gasteiger partial charge in [-0.1, -0.05) is 49.6 Å². The first kappa shape index (κ1) is 14.3. The number of aromatic amines is 1. The van der Waals surface area contributed by atoms with E-state index in [9.17, 15) is 0 Å². The SMILES string of the molecule is CN(Cc1ccccc1)c1n[nH]c(=S)n1C1CCCCC1. The van der Waals surface area contributed by atoms with Gasteiger partial charge in [0, 0.05) is 19.6 Å². The highest BCUT2D eigenvalue weighted by Gasteiger charge is 2.21. The first-order valence-corrected chi connectivity index (χ1v) is 8.08. The highest BCUT2D eigenvalue weighted by atomic mass is 32.1. The molecule has 5 heteroatoms. The zero-order chi connectivity index (χ0) is 14.7. The molecule has 1 aliphatic carbocycles. The monoisotopic (exact) mass is 302 g/mol. The summed E-state index contributed by atoms with van der Waals surface area (Å²) in [6.45, 7) is 0.840. The smallest absolute Gasteiger partial charge is 0.226 e. The van der Waals surface area contributed by atoms with Gasteiger partial charge in [-0.25, -0.2) is 5.10 Å². The molecule has 21 heavy (non-hydrogen) atoms.